The van der Waals surface area contributed by atoms with Crippen LogP contribution in [0.3, 0.4) is 0 Å². The molecule has 6 nitrogen and oxygen atoms in total. The molecular weight excluding hydrogens is 385 g/mol. The van der Waals surface area contributed by atoms with E-state index in [1.54, 1.807) is 35.3 Å². The molecule has 3 aromatic rings. The highest BCUT2D eigenvalue weighted by Gasteiger charge is 2.35. The normalized spacial score (nSPS) is 11.9. The van der Waals surface area contributed by atoms with Gasteiger partial charge in [-0.3, -0.25) is 4.79 Å². The van der Waals surface area contributed by atoms with Crippen LogP contribution in [-0.2, 0) is 11.3 Å². The van der Waals surface area contributed by atoms with Gasteiger partial charge in [-0.1, -0.05) is 36.4 Å². The molecule has 0 atom stereocenters. The van der Waals surface area contributed by atoms with Gasteiger partial charge < -0.3 is 10.1 Å². The number of ether oxygens (including phenoxy) is 1. The fraction of sp³-hybridized carbons (Fsp3) is 0.150. The standard InChI is InChI=1S/C20H17F3N4O2/c21-20(22,23)18(15-5-2-1-3-6-15)12-19(28)26-16-7-4-8-17(11-16)29-10-9-27-14-24-13-25-27/h1-8,11-14H,9-10H2,(H,26,28)/b18-12+. The van der Waals surface area contributed by atoms with Crippen LogP contribution in [-0.4, -0.2) is 33.5 Å². The lowest BCUT2D eigenvalue weighted by molar-refractivity contribution is -0.112. The molecule has 0 bridgehead atoms. The number of carbonyl (C=O) groups excluding carboxylic acids is 1. The Kier molecular flexibility index (Phi) is 6.28. The Morgan fingerprint density at radius 3 is 2.62 bits per heavy atom. The molecule has 0 saturated heterocycles. The Bertz CT molecular complexity index is 971. The molecule has 2 aromatic carbocycles. The Hall–Kier alpha value is -3.62. The van der Waals surface area contributed by atoms with Gasteiger partial charge in [-0.15, -0.1) is 0 Å². The van der Waals surface area contributed by atoms with E-state index in [2.05, 4.69) is 15.4 Å². The third kappa shape index (κ3) is 5.93. The molecule has 0 aliphatic rings. The minimum atomic E-state index is -4.66. The van der Waals surface area contributed by atoms with Gasteiger partial charge in [-0.25, -0.2) is 9.67 Å². The van der Waals surface area contributed by atoms with Gasteiger partial charge in [0.2, 0.25) is 5.91 Å². The monoisotopic (exact) mass is 402 g/mol. The molecule has 150 valence electrons. The summed E-state index contributed by atoms with van der Waals surface area (Å²) in [5, 5.41) is 6.38. The van der Waals surface area contributed by atoms with Gasteiger partial charge >= 0.3 is 6.18 Å². The van der Waals surface area contributed by atoms with Crippen molar-refractivity contribution in [1.29, 1.82) is 0 Å². The van der Waals surface area contributed by atoms with Crippen molar-refractivity contribution in [3.8, 4) is 5.75 Å². The van der Waals surface area contributed by atoms with Crippen molar-refractivity contribution in [1.82, 2.24) is 14.8 Å². The first kappa shape index (κ1) is 20.1. The van der Waals surface area contributed by atoms with Gasteiger partial charge in [0.15, 0.2) is 0 Å². The van der Waals surface area contributed by atoms with Gasteiger partial charge in [0, 0.05) is 17.8 Å². The molecule has 1 aromatic heterocycles. The predicted octanol–water partition coefficient (Wildman–Crippen LogP) is 3.94. The molecule has 1 N–H and O–H groups in total. The number of alkyl halides is 3. The van der Waals surface area contributed by atoms with Crippen molar-refractivity contribution >= 4 is 17.2 Å². The first-order valence-electron chi connectivity index (χ1n) is 8.62. The number of nitrogens with one attached hydrogen (secondary N) is 1. The van der Waals surface area contributed by atoms with Crippen LogP contribution in [0.15, 0.2) is 73.3 Å². The SMILES string of the molecule is O=C(/C=C(\c1ccccc1)C(F)(F)F)Nc1cccc(OCCn2cncn2)c1. The van der Waals surface area contributed by atoms with E-state index in [0.29, 0.717) is 30.7 Å². The van der Waals surface area contributed by atoms with Crippen LogP contribution >= 0.6 is 0 Å². The van der Waals surface area contributed by atoms with Crippen molar-refractivity contribution in [2.24, 2.45) is 0 Å². The Morgan fingerprint density at radius 2 is 1.93 bits per heavy atom. The molecule has 29 heavy (non-hydrogen) atoms. The zero-order valence-corrected chi connectivity index (χ0v) is 15.1. The van der Waals surface area contributed by atoms with Crippen LogP contribution in [0.1, 0.15) is 5.56 Å². The van der Waals surface area contributed by atoms with Crippen molar-refractivity contribution in [3.63, 3.8) is 0 Å². The summed E-state index contributed by atoms with van der Waals surface area (Å²) in [4.78, 5) is 16.0. The lowest BCUT2D eigenvalue weighted by Gasteiger charge is -2.12. The number of rotatable bonds is 7. The number of hydrogen-bond donors (Lipinski definition) is 1. The van der Waals surface area contributed by atoms with Gasteiger partial charge in [-0.05, 0) is 17.7 Å². The molecule has 1 heterocycles. The third-order valence-electron chi connectivity index (χ3n) is 3.82. The fourth-order valence-corrected chi connectivity index (χ4v) is 2.52. The number of carbonyl (C=O) groups is 1. The molecule has 1 amide bonds. The molecule has 0 unspecified atom stereocenters. The summed E-state index contributed by atoms with van der Waals surface area (Å²) in [6.45, 7) is 0.790. The number of benzene rings is 2. The number of aromatic nitrogens is 3. The molecule has 0 spiro atoms. The second kappa shape index (κ2) is 9.05. The number of allylic oxidation sites excluding steroid dienone is 1. The second-order valence-corrected chi connectivity index (χ2v) is 5.95. The van der Waals surface area contributed by atoms with Crippen molar-refractivity contribution in [2.45, 2.75) is 12.7 Å². The summed E-state index contributed by atoms with van der Waals surface area (Å²) in [5.41, 5.74) is -0.782. The minimum absolute atomic E-state index is 0.0830. The highest BCUT2D eigenvalue weighted by atomic mass is 19.4. The maximum Gasteiger partial charge on any atom is 0.417 e. The molecule has 3 rings (SSSR count). The zero-order chi connectivity index (χ0) is 20.7. The summed E-state index contributed by atoms with van der Waals surface area (Å²) >= 11 is 0. The predicted molar refractivity (Wildman–Crippen MR) is 101 cm³/mol. The van der Waals surface area contributed by atoms with E-state index in [1.165, 1.54) is 36.7 Å². The van der Waals surface area contributed by atoms with Gasteiger partial charge in [0.1, 0.15) is 25.0 Å². The Balaban J connectivity index is 1.67. The number of anilines is 1. The highest BCUT2D eigenvalue weighted by Crippen LogP contribution is 2.33. The van der Waals surface area contributed by atoms with Crippen LogP contribution in [0.25, 0.3) is 5.57 Å². The van der Waals surface area contributed by atoms with Crippen LogP contribution in [0, 0.1) is 0 Å². The summed E-state index contributed by atoms with van der Waals surface area (Å²) in [5.74, 6) is -0.424. The summed E-state index contributed by atoms with van der Waals surface area (Å²) in [6, 6.07) is 13.6. The lowest BCUT2D eigenvalue weighted by atomic mass is 10.1. The maximum atomic E-state index is 13.3. The smallest absolute Gasteiger partial charge is 0.417 e. The quantitative estimate of drug-likeness (QED) is 0.608. The van der Waals surface area contributed by atoms with Gasteiger partial charge in [0.05, 0.1) is 12.1 Å². The summed E-state index contributed by atoms with van der Waals surface area (Å²) in [6.07, 6.45) is -1.15. The number of hydrogen-bond acceptors (Lipinski definition) is 4. The summed E-state index contributed by atoms with van der Waals surface area (Å²) < 4.78 is 47.2. The average Bonchev–Trinajstić information content (AvgIpc) is 3.20. The number of nitrogens with zero attached hydrogens (tertiary/aromatic N) is 3. The van der Waals surface area contributed by atoms with Crippen LogP contribution in [0.5, 0.6) is 5.75 Å². The number of amides is 1. The maximum absolute atomic E-state index is 13.3. The van der Waals surface area contributed by atoms with Crippen molar-refractivity contribution < 1.29 is 22.7 Å². The third-order valence-corrected chi connectivity index (χ3v) is 3.82. The van der Waals surface area contributed by atoms with E-state index in [9.17, 15) is 18.0 Å². The van der Waals surface area contributed by atoms with Gasteiger partial charge in [0.25, 0.3) is 0 Å². The van der Waals surface area contributed by atoms with E-state index < -0.39 is 17.7 Å². The van der Waals surface area contributed by atoms with Crippen molar-refractivity contribution in [2.75, 3.05) is 11.9 Å². The molecular formula is C20H17F3N4O2. The minimum Gasteiger partial charge on any atom is -0.492 e. The second-order valence-electron chi connectivity index (χ2n) is 5.95. The van der Waals surface area contributed by atoms with Crippen molar-refractivity contribution in [3.05, 3.63) is 78.9 Å². The van der Waals surface area contributed by atoms with Crippen LogP contribution in [0.4, 0.5) is 18.9 Å². The van der Waals surface area contributed by atoms with E-state index in [0.717, 1.165) is 0 Å². The van der Waals surface area contributed by atoms with E-state index in [-0.39, 0.29) is 5.56 Å². The van der Waals surface area contributed by atoms with Gasteiger partial charge in [-0.2, -0.15) is 18.3 Å². The highest BCUT2D eigenvalue weighted by molar-refractivity contribution is 6.04. The summed E-state index contributed by atoms with van der Waals surface area (Å²) in [7, 11) is 0. The first-order valence-corrected chi connectivity index (χ1v) is 8.62. The zero-order valence-electron chi connectivity index (χ0n) is 15.1. The van der Waals surface area contributed by atoms with Crippen LogP contribution in [0.2, 0.25) is 0 Å². The topological polar surface area (TPSA) is 69.0 Å². The van der Waals surface area contributed by atoms with E-state index in [4.69, 9.17) is 4.74 Å². The lowest BCUT2D eigenvalue weighted by Crippen LogP contribution is -2.16. The Morgan fingerprint density at radius 1 is 1.14 bits per heavy atom. The Labute approximate surface area is 164 Å². The molecule has 0 saturated carbocycles. The van der Waals surface area contributed by atoms with E-state index >= 15 is 0 Å². The molecule has 0 fully saturated rings. The molecule has 0 radical (unpaired) electrons. The molecule has 0 aliphatic heterocycles. The fourth-order valence-electron chi connectivity index (χ4n) is 2.52. The molecule has 9 heteroatoms. The van der Waals surface area contributed by atoms with E-state index in [1.807, 2.05) is 0 Å². The van der Waals surface area contributed by atoms with Crippen LogP contribution < -0.4 is 10.1 Å². The number of halogens is 3. The largest absolute Gasteiger partial charge is 0.492 e. The average molecular weight is 402 g/mol. The molecule has 0 aliphatic carbocycles. The first-order chi connectivity index (χ1) is 13.9.